The van der Waals surface area contributed by atoms with Crippen LogP contribution in [-0.4, -0.2) is 36.0 Å². The van der Waals surface area contributed by atoms with Crippen molar-refractivity contribution in [3.05, 3.63) is 68.5 Å². The topological polar surface area (TPSA) is 81.8 Å². The van der Waals surface area contributed by atoms with Crippen LogP contribution in [0, 0.1) is 10.1 Å². The van der Waals surface area contributed by atoms with Gasteiger partial charge >= 0.3 is 11.7 Å². The number of hydrogen-bond donors (Lipinski definition) is 1. The number of aliphatic hydroxyl groups excluding tert-OH is 1. The van der Waals surface area contributed by atoms with Crippen LogP contribution < -0.4 is 0 Å². The molecule has 6 nitrogen and oxygen atoms in total. The molecular weight excluding hydrogens is 415 g/mol. The van der Waals surface area contributed by atoms with Crippen molar-refractivity contribution in [2.24, 2.45) is 0 Å². The van der Waals surface area contributed by atoms with E-state index in [0.717, 1.165) is 43.6 Å². The van der Waals surface area contributed by atoms with Gasteiger partial charge in [-0.3, -0.25) is 10.1 Å². The van der Waals surface area contributed by atoms with Gasteiger partial charge in [0.1, 0.15) is 6.10 Å². The Hall–Kier alpha value is -2.10. The molecule has 0 aromatic heterocycles. The Morgan fingerprint density at radius 3 is 2.24 bits per heavy atom. The predicted octanol–water partition coefficient (Wildman–Crippen LogP) is 4.64. The number of benzene rings is 1. The highest BCUT2D eigenvalue weighted by atomic mass is 35.5. The second kappa shape index (κ2) is 10.6. The van der Waals surface area contributed by atoms with Crippen LogP contribution in [-0.2, 0) is 21.2 Å². The highest BCUT2D eigenvalue weighted by molar-refractivity contribution is 6.30. The molecule has 0 fully saturated rings. The van der Waals surface area contributed by atoms with Gasteiger partial charge in [0.15, 0.2) is 5.76 Å². The first kappa shape index (κ1) is 24.9. The molecule has 0 heterocycles. The molecule has 1 N–H and O–H groups in total. The molecule has 10 heteroatoms. The molecule has 2 atom stereocenters. The van der Waals surface area contributed by atoms with Crippen molar-refractivity contribution in [1.29, 1.82) is 0 Å². The van der Waals surface area contributed by atoms with Crippen LogP contribution in [0.2, 0.25) is 0 Å². The summed E-state index contributed by atoms with van der Waals surface area (Å²) in [6, 6.07) is 4.13. The first-order valence-electron chi connectivity index (χ1n) is 8.87. The lowest BCUT2D eigenvalue weighted by atomic mass is 9.81. The molecule has 0 radical (unpaired) electrons. The van der Waals surface area contributed by atoms with E-state index in [1.807, 2.05) is 13.8 Å². The van der Waals surface area contributed by atoms with Crippen molar-refractivity contribution in [2.45, 2.75) is 38.6 Å². The third-order valence-corrected chi connectivity index (χ3v) is 4.37. The fourth-order valence-electron chi connectivity index (χ4n) is 2.75. The van der Waals surface area contributed by atoms with Crippen LogP contribution in [0.1, 0.15) is 31.9 Å². The molecular formula is C19H23ClF3NO5. The zero-order chi connectivity index (χ0) is 22.2. The number of nitro groups is 1. The van der Waals surface area contributed by atoms with Crippen LogP contribution in [0.15, 0.2) is 47.2 Å². The van der Waals surface area contributed by atoms with Crippen molar-refractivity contribution < 1.29 is 32.7 Å². The molecule has 0 aliphatic heterocycles. The fraction of sp³-hybridized carbons (Fsp3) is 0.474. The quantitative estimate of drug-likeness (QED) is 0.398. The molecule has 2 unspecified atom stereocenters. The van der Waals surface area contributed by atoms with Crippen LogP contribution in [0.4, 0.5) is 13.2 Å². The maximum absolute atomic E-state index is 13.3. The number of ether oxygens (including phenoxy) is 2. The van der Waals surface area contributed by atoms with Crippen LogP contribution in [0.5, 0.6) is 0 Å². The van der Waals surface area contributed by atoms with Gasteiger partial charge in [-0.1, -0.05) is 29.8 Å². The molecule has 0 spiro atoms. The minimum Gasteiger partial charge on any atom is -0.489 e. The molecule has 0 saturated heterocycles. The van der Waals surface area contributed by atoms with Crippen molar-refractivity contribution in [2.75, 3.05) is 19.8 Å². The molecule has 1 aromatic carbocycles. The number of rotatable bonds is 6. The molecule has 0 bridgehead atoms. The van der Waals surface area contributed by atoms with E-state index in [1.165, 1.54) is 13.0 Å². The lowest BCUT2D eigenvalue weighted by Crippen LogP contribution is -2.42. The highest BCUT2D eigenvalue weighted by Gasteiger charge is 2.56. The first-order chi connectivity index (χ1) is 13.6. The van der Waals surface area contributed by atoms with Crippen molar-refractivity contribution in [3.63, 3.8) is 0 Å². The Morgan fingerprint density at radius 2 is 1.79 bits per heavy atom. The summed E-state index contributed by atoms with van der Waals surface area (Å²) in [5.74, 6) is -0.525. The normalized spacial score (nSPS) is 21.4. The SMILES string of the molecule is CCOC1=C(Cl)C(O)C=CC1(c1ccccc1C(F)(F)F)[N+](=O)[O-].CCOCC. The van der Waals surface area contributed by atoms with E-state index in [4.69, 9.17) is 21.1 Å². The average Bonchev–Trinajstić information content (AvgIpc) is 2.66. The van der Waals surface area contributed by atoms with E-state index < -0.39 is 44.7 Å². The van der Waals surface area contributed by atoms with Gasteiger partial charge in [-0.05, 0) is 32.9 Å². The lowest BCUT2D eigenvalue weighted by molar-refractivity contribution is -0.558. The second-order valence-electron chi connectivity index (χ2n) is 5.76. The molecule has 0 amide bonds. The number of alkyl halides is 3. The summed E-state index contributed by atoms with van der Waals surface area (Å²) in [7, 11) is 0. The van der Waals surface area contributed by atoms with Crippen LogP contribution in [0.25, 0.3) is 0 Å². The maximum atomic E-state index is 13.3. The summed E-state index contributed by atoms with van der Waals surface area (Å²) in [6.45, 7) is 7.10. The second-order valence-corrected chi connectivity index (χ2v) is 6.17. The lowest BCUT2D eigenvalue weighted by Gasteiger charge is -2.31. The number of aliphatic hydroxyl groups is 1. The smallest absolute Gasteiger partial charge is 0.416 e. The molecule has 1 aromatic rings. The summed E-state index contributed by atoms with van der Waals surface area (Å²) >= 11 is 5.92. The monoisotopic (exact) mass is 437 g/mol. The Morgan fingerprint density at radius 1 is 1.21 bits per heavy atom. The van der Waals surface area contributed by atoms with Gasteiger partial charge in [0.2, 0.25) is 0 Å². The van der Waals surface area contributed by atoms with E-state index in [2.05, 4.69) is 0 Å². The molecule has 29 heavy (non-hydrogen) atoms. The van der Waals surface area contributed by atoms with Gasteiger partial charge in [0.05, 0.1) is 22.8 Å². The van der Waals surface area contributed by atoms with E-state index in [-0.39, 0.29) is 6.61 Å². The summed E-state index contributed by atoms with van der Waals surface area (Å²) < 4.78 is 50.0. The van der Waals surface area contributed by atoms with Gasteiger partial charge in [-0.15, -0.1) is 0 Å². The van der Waals surface area contributed by atoms with Gasteiger partial charge in [-0.2, -0.15) is 13.2 Å². The first-order valence-corrected chi connectivity index (χ1v) is 9.24. The third-order valence-electron chi connectivity index (χ3n) is 3.97. The van der Waals surface area contributed by atoms with Crippen molar-refractivity contribution in [1.82, 2.24) is 0 Å². The standard InChI is InChI=1S/C15H13ClF3NO4.C4H10O/c1-2-24-13-12(16)11(21)7-8-14(13,20(22)23)9-5-3-4-6-10(9)15(17,18)19;1-3-5-4-2/h3-8,11,21H,2H2,1H3;3-4H2,1-2H3. The van der Waals surface area contributed by atoms with Gasteiger partial charge < -0.3 is 14.6 Å². The molecule has 1 aliphatic carbocycles. The van der Waals surface area contributed by atoms with E-state index >= 15 is 0 Å². The molecule has 1 aliphatic rings. The summed E-state index contributed by atoms with van der Waals surface area (Å²) in [4.78, 5) is 10.9. The third kappa shape index (κ3) is 5.49. The summed E-state index contributed by atoms with van der Waals surface area (Å²) in [5.41, 5.74) is -4.28. The van der Waals surface area contributed by atoms with E-state index in [1.54, 1.807) is 0 Å². The number of nitrogens with zero attached hydrogens (tertiary/aromatic N) is 1. The molecule has 0 saturated carbocycles. The fourth-order valence-corrected chi connectivity index (χ4v) is 3.02. The van der Waals surface area contributed by atoms with Crippen molar-refractivity contribution in [3.8, 4) is 0 Å². The van der Waals surface area contributed by atoms with E-state index in [0.29, 0.717) is 0 Å². The average molecular weight is 438 g/mol. The zero-order valence-electron chi connectivity index (χ0n) is 16.2. The Labute approximate surface area is 171 Å². The molecule has 162 valence electrons. The molecule has 2 rings (SSSR count). The number of hydrogen-bond acceptors (Lipinski definition) is 5. The van der Waals surface area contributed by atoms with Crippen LogP contribution >= 0.6 is 11.6 Å². The Balaban J connectivity index is 0.000000749. The van der Waals surface area contributed by atoms with Crippen LogP contribution in [0.3, 0.4) is 0 Å². The maximum Gasteiger partial charge on any atom is 0.416 e. The van der Waals surface area contributed by atoms with Gasteiger partial charge in [0.25, 0.3) is 0 Å². The Kier molecular flexibility index (Phi) is 9.13. The summed E-state index contributed by atoms with van der Waals surface area (Å²) in [6.07, 6.45) is -4.35. The largest absolute Gasteiger partial charge is 0.489 e. The minimum absolute atomic E-state index is 0.0735. The predicted molar refractivity (Wildman–Crippen MR) is 102 cm³/mol. The van der Waals surface area contributed by atoms with Crippen molar-refractivity contribution >= 4 is 11.6 Å². The highest BCUT2D eigenvalue weighted by Crippen LogP contribution is 2.46. The zero-order valence-corrected chi connectivity index (χ0v) is 17.0. The van der Waals surface area contributed by atoms with Gasteiger partial charge in [-0.25, -0.2) is 0 Å². The summed E-state index contributed by atoms with van der Waals surface area (Å²) in [5, 5.41) is 21.2. The van der Waals surface area contributed by atoms with Gasteiger partial charge in [0, 0.05) is 24.2 Å². The minimum atomic E-state index is -4.81. The van der Waals surface area contributed by atoms with E-state index in [9.17, 15) is 28.4 Å². The number of halogens is 4. The Bertz CT molecular complexity index is 764.